The second-order valence-electron chi connectivity index (χ2n) is 12.7. The smallest absolute Gasteiger partial charge is 0.132 e. The number of unbranched alkanes of at least 4 members (excludes halogenated alkanes) is 18. The zero-order valence-electron chi connectivity index (χ0n) is 25.8. The summed E-state index contributed by atoms with van der Waals surface area (Å²) in [5, 5.41) is 0. The number of nitrogens with zero attached hydrogens (tertiary/aromatic N) is 2. The molecule has 0 fully saturated rings. The first kappa shape index (κ1) is 33.2. The predicted molar refractivity (Wildman–Crippen MR) is 167 cm³/mol. The van der Waals surface area contributed by atoms with E-state index in [9.17, 15) is 0 Å². The second kappa shape index (κ2) is 20.1. The van der Waals surface area contributed by atoms with Crippen molar-refractivity contribution in [3.63, 3.8) is 0 Å². The normalized spacial score (nSPS) is 12.4. The third-order valence-corrected chi connectivity index (χ3v) is 8.39. The highest BCUT2D eigenvalue weighted by molar-refractivity contribution is 5.52. The van der Waals surface area contributed by atoms with Gasteiger partial charge in [0.1, 0.15) is 11.4 Å². The highest BCUT2D eigenvalue weighted by Gasteiger charge is 2.22. The highest BCUT2D eigenvalue weighted by atomic mass is 15.3. The minimum absolute atomic E-state index is 1.00. The van der Waals surface area contributed by atoms with E-state index in [0.29, 0.717) is 0 Å². The molecule has 0 aromatic heterocycles. The molecule has 0 bridgehead atoms. The van der Waals surface area contributed by atoms with Gasteiger partial charge < -0.3 is 0 Å². The third-order valence-electron chi connectivity index (χ3n) is 8.39. The van der Waals surface area contributed by atoms with Crippen LogP contribution in [0.4, 0.5) is 11.4 Å². The van der Waals surface area contributed by atoms with Gasteiger partial charge in [-0.15, -0.1) is 0 Å². The topological polar surface area (TPSA) is 0 Å². The fraction of sp³-hybridized carbons (Fsp3) is 0.824. The average Bonchev–Trinajstić information content (AvgIpc) is 2.86. The Kier molecular flexibility index (Phi) is 18.6. The number of benzene rings is 1. The van der Waals surface area contributed by atoms with E-state index in [2.05, 4.69) is 66.3 Å². The Bertz CT molecular complexity index is 562. The van der Waals surface area contributed by atoms with Crippen LogP contribution < -0.4 is 8.97 Å². The van der Waals surface area contributed by atoms with E-state index in [0.717, 1.165) is 8.97 Å². The van der Waals surface area contributed by atoms with Crippen LogP contribution in [0.2, 0.25) is 0 Å². The van der Waals surface area contributed by atoms with Crippen LogP contribution in [0.25, 0.3) is 0 Å². The Labute approximate surface area is 228 Å². The quantitative estimate of drug-likeness (QED) is 0.0973. The van der Waals surface area contributed by atoms with Crippen molar-refractivity contribution in [1.29, 1.82) is 0 Å². The van der Waals surface area contributed by atoms with Crippen molar-refractivity contribution < 1.29 is 0 Å². The average molecular weight is 503 g/mol. The molecule has 1 aromatic rings. The van der Waals surface area contributed by atoms with Crippen LogP contribution in [0.15, 0.2) is 24.3 Å². The van der Waals surface area contributed by atoms with E-state index in [4.69, 9.17) is 0 Å². The fourth-order valence-corrected chi connectivity index (χ4v) is 5.51. The summed E-state index contributed by atoms with van der Waals surface area (Å²) in [4.78, 5) is 0. The van der Waals surface area contributed by atoms with Gasteiger partial charge in [-0.05, 0) is 25.7 Å². The molecule has 2 heteroatoms. The zero-order valence-corrected chi connectivity index (χ0v) is 25.8. The van der Waals surface area contributed by atoms with Crippen molar-refractivity contribution in [3.8, 4) is 0 Å². The Balaban J connectivity index is 2.24. The fourth-order valence-electron chi connectivity index (χ4n) is 5.51. The molecule has 36 heavy (non-hydrogen) atoms. The first-order valence-electron chi connectivity index (χ1n) is 16.1. The molecule has 0 heterocycles. The lowest BCUT2D eigenvalue weighted by Gasteiger charge is -2.32. The summed E-state index contributed by atoms with van der Waals surface area (Å²) >= 11 is 0. The van der Waals surface area contributed by atoms with Gasteiger partial charge >= 0.3 is 0 Å². The molecule has 0 amide bonds. The Morgan fingerprint density at radius 3 is 0.833 bits per heavy atom. The van der Waals surface area contributed by atoms with Crippen LogP contribution in [-0.4, -0.2) is 41.3 Å². The largest absolute Gasteiger partial charge is 0.296 e. The van der Waals surface area contributed by atoms with Crippen LogP contribution in [0.3, 0.4) is 0 Å². The summed E-state index contributed by atoms with van der Waals surface area (Å²) < 4.78 is 2.01. The van der Waals surface area contributed by atoms with Crippen molar-refractivity contribution in [1.82, 2.24) is 8.97 Å². The summed E-state index contributed by atoms with van der Waals surface area (Å²) in [5.41, 5.74) is 2.90. The molecule has 0 aliphatic carbocycles. The van der Waals surface area contributed by atoms with Gasteiger partial charge in [0, 0.05) is 24.3 Å². The van der Waals surface area contributed by atoms with Crippen molar-refractivity contribution in [2.75, 3.05) is 41.3 Å². The highest BCUT2D eigenvalue weighted by Crippen LogP contribution is 2.27. The SMILES string of the molecule is CCCCCCCCCCCC[N+](C)(C)c1ccc([N+](C)(C)CCCCCCCCCCCC)cc1. The van der Waals surface area contributed by atoms with Gasteiger partial charge in [-0.1, -0.05) is 117 Å². The Morgan fingerprint density at radius 1 is 0.361 bits per heavy atom. The molecule has 1 rings (SSSR count). The summed E-state index contributed by atoms with van der Waals surface area (Å²) in [6.07, 6.45) is 28.2. The van der Waals surface area contributed by atoms with Gasteiger partial charge in [0.15, 0.2) is 0 Å². The zero-order chi connectivity index (χ0) is 26.5. The molecular formula is C34H66N2+2. The summed E-state index contributed by atoms with van der Waals surface area (Å²) in [6, 6.07) is 9.57. The minimum atomic E-state index is 1.00. The lowest BCUT2D eigenvalue weighted by atomic mass is 10.1. The Morgan fingerprint density at radius 2 is 0.583 bits per heavy atom. The van der Waals surface area contributed by atoms with Crippen LogP contribution in [-0.2, 0) is 0 Å². The minimum Gasteiger partial charge on any atom is -0.296 e. The van der Waals surface area contributed by atoms with Gasteiger partial charge in [-0.2, -0.15) is 0 Å². The second-order valence-corrected chi connectivity index (χ2v) is 12.7. The van der Waals surface area contributed by atoms with E-state index in [1.54, 1.807) is 0 Å². The number of quaternary nitrogens is 2. The lowest BCUT2D eigenvalue weighted by molar-refractivity contribution is 0.375. The molecule has 0 saturated carbocycles. The summed E-state index contributed by atoms with van der Waals surface area (Å²) in [7, 11) is 9.53. The van der Waals surface area contributed by atoms with Crippen molar-refractivity contribution in [2.24, 2.45) is 0 Å². The Hall–Kier alpha value is -0.860. The number of rotatable bonds is 24. The number of hydrogen-bond donors (Lipinski definition) is 0. The molecular weight excluding hydrogens is 436 g/mol. The molecule has 1 aromatic carbocycles. The monoisotopic (exact) mass is 503 g/mol. The molecule has 0 radical (unpaired) electrons. The van der Waals surface area contributed by atoms with E-state index in [1.807, 2.05) is 0 Å². The maximum atomic E-state index is 2.39. The van der Waals surface area contributed by atoms with E-state index < -0.39 is 0 Å². The maximum Gasteiger partial charge on any atom is 0.132 e. The van der Waals surface area contributed by atoms with Crippen LogP contribution in [0, 0.1) is 0 Å². The molecule has 0 saturated heterocycles. The molecule has 0 aliphatic heterocycles. The molecule has 0 atom stereocenters. The predicted octanol–water partition coefficient (Wildman–Crippen LogP) is 10.7. The van der Waals surface area contributed by atoms with Crippen molar-refractivity contribution >= 4 is 11.4 Å². The van der Waals surface area contributed by atoms with Gasteiger partial charge in [0.25, 0.3) is 0 Å². The van der Waals surface area contributed by atoms with Gasteiger partial charge in [0.2, 0.25) is 0 Å². The van der Waals surface area contributed by atoms with E-state index in [-0.39, 0.29) is 0 Å². The molecule has 0 spiro atoms. The van der Waals surface area contributed by atoms with Crippen LogP contribution >= 0.6 is 0 Å². The van der Waals surface area contributed by atoms with Crippen molar-refractivity contribution in [3.05, 3.63) is 24.3 Å². The van der Waals surface area contributed by atoms with E-state index in [1.165, 1.54) is 153 Å². The first-order valence-corrected chi connectivity index (χ1v) is 16.1. The van der Waals surface area contributed by atoms with E-state index >= 15 is 0 Å². The van der Waals surface area contributed by atoms with Gasteiger partial charge in [0.05, 0.1) is 41.3 Å². The van der Waals surface area contributed by atoms with Gasteiger partial charge in [-0.25, -0.2) is 0 Å². The third kappa shape index (κ3) is 15.4. The lowest BCUT2D eigenvalue weighted by Crippen LogP contribution is -2.42. The van der Waals surface area contributed by atoms with Gasteiger partial charge in [-0.3, -0.25) is 8.97 Å². The summed E-state index contributed by atoms with van der Waals surface area (Å²) in [6.45, 7) is 7.09. The maximum absolute atomic E-state index is 2.39. The molecule has 0 unspecified atom stereocenters. The van der Waals surface area contributed by atoms with Crippen molar-refractivity contribution in [2.45, 2.75) is 142 Å². The van der Waals surface area contributed by atoms with Crippen LogP contribution in [0.5, 0.6) is 0 Å². The first-order chi connectivity index (χ1) is 17.3. The molecule has 2 nitrogen and oxygen atoms in total. The molecule has 0 N–H and O–H groups in total. The molecule has 0 aliphatic rings. The standard InChI is InChI=1S/C34H66N2/c1-7-9-11-13-15-17-19-21-23-25-31-35(3,4)33-27-29-34(30-28-33)36(5,6)32-26-24-22-20-18-16-14-12-10-8-2/h27-30H,7-26,31-32H2,1-6H3/q+2. The number of hydrogen-bond acceptors (Lipinski definition) is 0. The van der Waals surface area contributed by atoms with Crippen LogP contribution in [0.1, 0.15) is 142 Å². The summed E-state index contributed by atoms with van der Waals surface area (Å²) in [5.74, 6) is 0. The molecule has 210 valence electrons.